The zero-order valence-corrected chi connectivity index (χ0v) is 11.9. The van der Waals surface area contributed by atoms with E-state index in [0.29, 0.717) is 0 Å². The molecule has 1 aliphatic rings. The Hall–Kier alpha value is -0.120. The van der Waals surface area contributed by atoms with Crippen molar-refractivity contribution in [2.45, 2.75) is 33.1 Å². The Morgan fingerprint density at radius 1 is 1.24 bits per heavy atom. The normalized spacial score (nSPS) is 19.1. The quantitative estimate of drug-likeness (QED) is 0.659. The highest BCUT2D eigenvalue weighted by Gasteiger charge is 2.15. The number of hydrogen-bond acceptors (Lipinski definition) is 3. The summed E-state index contributed by atoms with van der Waals surface area (Å²) in [5, 5.41) is 3.51. The minimum absolute atomic E-state index is 0.752. The van der Waals surface area contributed by atoms with Gasteiger partial charge < -0.3 is 15.0 Å². The molecule has 0 bridgehead atoms. The molecule has 3 nitrogen and oxygen atoms in total. The van der Waals surface area contributed by atoms with E-state index in [-0.39, 0.29) is 0 Å². The molecule has 0 aromatic heterocycles. The second-order valence-corrected chi connectivity index (χ2v) is 5.75. The first-order valence-electron chi connectivity index (χ1n) is 7.15. The fourth-order valence-electron chi connectivity index (χ4n) is 2.14. The first-order valence-corrected chi connectivity index (χ1v) is 7.15. The maximum absolute atomic E-state index is 5.58. The van der Waals surface area contributed by atoms with Crippen molar-refractivity contribution in [3.63, 3.8) is 0 Å². The van der Waals surface area contributed by atoms with E-state index >= 15 is 0 Å². The van der Waals surface area contributed by atoms with E-state index in [1.807, 2.05) is 0 Å². The third kappa shape index (κ3) is 7.74. The van der Waals surface area contributed by atoms with Crippen molar-refractivity contribution in [1.29, 1.82) is 0 Å². The van der Waals surface area contributed by atoms with Crippen molar-refractivity contribution < 1.29 is 4.74 Å². The van der Waals surface area contributed by atoms with Gasteiger partial charge in [-0.25, -0.2) is 0 Å². The van der Waals surface area contributed by atoms with E-state index in [0.717, 1.165) is 31.6 Å². The Balaban J connectivity index is 1.84. The zero-order chi connectivity index (χ0) is 12.5. The van der Waals surface area contributed by atoms with Gasteiger partial charge in [-0.15, -0.1) is 0 Å². The summed E-state index contributed by atoms with van der Waals surface area (Å²) in [6.45, 7) is 10.9. The Bertz CT molecular complexity index is 177. The van der Waals surface area contributed by atoms with E-state index in [4.69, 9.17) is 4.74 Å². The fraction of sp³-hybridized carbons (Fsp3) is 1.00. The van der Waals surface area contributed by atoms with Crippen molar-refractivity contribution in [3.8, 4) is 0 Å². The van der Waals surface area contributed by atoms with Crippen LogP contribution in [0.5, 0.6) is 0 Å². The predicted octanol–water partition coefficient (Wildman–Crippen LogP) is 1.98. The van der Waals surface area contributed by atoms with Gasteiger partial charge in [0.25, 0.3) is 0 Å². The van der Waals surface area contributed by atoms with Crippen molar-refractivity contribution in [2.24, 2.45) is 11.8 Å². The van der Waals surface area contributed by atoms with Gasteiger partial charge in [0.05, 0.1) is 6.61 Å². The van der Waals surface area contributed by atoms with Gasteiger partial charge in [-0.05, 0) is 57.8 Å². The summed E-state index contributed by atoms with van der Waals surface area (Å²) in [4.78, 5) is 2.42. The average Bonchev–Trinajstić information content (AvgIpc) is 2.30. The summed E-state index contributed by atoms with van der Waals surface area (Å²) in [5.41, 5.74) is 0. The lowest BCUT2D eigenvalue weighted by atomic mass is 9.97. The van der Waals surface area contributed by atoms with Crippen LogP contribution in [0.25, 0.3) is 0 Å². The van der Waals surface area contributed by atoms with E-state index in [1.54, 1.807) is 0 Å². The average molecular weight is 242 g/mol. The predicted molar refractivity (Wildman–Crippen MR) is 73.4 cm³/mol. The smallest absolute Gasteiger partial charge is 0.0590 e. The van der Waals surface area contributed by atoms with Crippen LogP contribution in [0.2, 0.25) is 0 Å². The monoisotopic (exact) mass is 242 g/mol. The summed E-state index contributed by atoms with van der Waals surface area (Å²) < 4.78 is 5.58. The first-order chi connectivity index (χ1) is 8.18. The zero-order valence-electron chi connectivity index (χ0n) is 11.9. The van der Waals surface area contributed by atoms with Crippen LogP contribution < -0.4 is 5.32 Å². The molecular weight excluding hydrogens is 212 g/mol. The van der Waals surface area contributed by atoms with Crippen LogP contribution in [0.15, 0.2) is 0 Å². The summed E-state index contributed by atoms with van der Waals surface area (Å²) in [6.07, 6.45) is 3.87. The number of nitrogens with one attached hydrogen (secondary N) is 1. The summed E-state index contributed by atoms with van der Waals surface area (Å²) in [7, 11) is 2.21. The van der Waals surface area contributed by atoms with Crippen molar-refractivity contribution >= 4 is 0 Å². The summed E-state index contributed by atoms with van der Waals surface area (Å²) >= 11 is 0. The van der Waals surface area contributed by atoms with Gasteiger partial charge >= 0.3 is 0 Å². The van der Waals surface area contributed by atoms with Gasteiger partial charge in [0, 0.05) is 13.2 Å². The Morgan fingerprint density at radius 3 is 2.59 bits per heavy atom. The topological polar surface area (TPSA) is 24.5 Å². The summed E-state index contributed by atoms with van der Waals surface area (Å²) in [6, 6.07) is 0. The number of nitrogens with zero attached hydrogens (tertiary/aromatic N) is 1. The Labute approximate surface area is 107 Å². The number of piperidine rings is 1. The highest BCUT2D eigenvalue weighted by Crippen LogP contribution is 2.14. The molecule has 17 heavy (non-hydrogen) atoms. The molecule has 0 unspecified atom stereocenters. The molecule has 0 saturated carbocycles. The van der Waals surface area contributed by atoms with Gasteiger partial charge in [-0.1, -0.05) is 13.8 Å². The molecule has 3 heteroatoms. The molecule has 1 rings (SSSR count). The maximum Gasteiger partial charge on any atom is 0.0590 e. The third-order valence-electron chi connectivity index (χ3n) is 3.53. The van der Waals surface area contributed by atoms with Gasteiger partial charge in [-0.2, -0.15) is 0 Å². The SMILES string of the molecule is CC(C)CCOCCNCC1CCN(C)CC1. The lowest BCUT2D eigenvalue weighted by molar-refractivity contribution is 0.123. The lowest BCUT2D eigenvalue weighted by Gasteiger charge is -2.29. The van der Waals surface area contributed by atoms with E-state index < -0.39 is 0 Å². The van der Waals surface area contributed by atoms with Gasteiger partial charge in [0.15, 0.2) is 0 Å². The molecule has 0 amide bonds. The summed E-state index contributed by atoms with van der Waals surface area (Å²) in [5.74, 6) is 1.63. The van der Waals surface area contributed by atoms with Gasteiger partial charge in [0.1, 0.15) is 0 Å². The number of rotatable bonds is 8. The molecule has 102 valence electrons. The highest BCUT2D eigenvalue weighted by atomic mass is 16.5. The number of ether oxygens (including phenoxy) is 1. The van der Waals surface area contributed by atoms with Crippen LogP contribution in [0.1, 0.15) is 33.1 Å². The minimum atomic E-state index is 0.752. The molecule has 1 aliphatic heterocycles. The van der Waals surface area contributed by atoms with Gasteiger partial charge in [-0.3, -0.25) is 0 Å². The van der Waals surface area contributed by atoms with E-state index in [1.165, 1.54) is 38.9 Å². The molecule has 1 saturated heterocycles. The highest BCUT2D eigenvalue weighted by molar-refractivity contribution is 4.71. The third-order valence-corrected chi connectivity index (χ3v) is 3.53. The molecule has 0 radical (unpaired) electrons. The molecule has 0 aliphatic carbocycles. The van der Waals surface area contributed by atoms with Crippen LogP contribution >= 0.6 is 0 Å². The standard InChI is InChI=1S/C14H30N2O/c1-13(2)6-10-17-11-7-15-12-14-4-8-16(3)9-5-14/h13-15H,4-12H2,1-3H3. The lowest BCUT2D eigenvalue weighted by Crippen LogP contribution is -2.35. The number of hydrogen-bond donors (Lipinski definition) is 1. The molecule has 1 N–H and O–H groups in total. The van der Waals surface area contributed by atoms with Crippen LogP contribution in [0.4, 0.5) is 0 Å². The van der Waals surface area contributed by atoms with Crippen LogP contribution in [0.3, 0.4) is 0 Å². The number of likely N-dealkylation sites (tertiary alicyclic amines) is 1. The van der Waals surface area contributed by atoms with Crippen LogP contribution in [0, 0.1) is 11.8 Å². The van der Waals surface area contributed by atoms with Gasteiger partial charge in [0.2, 0.25) is 0 Å². The molecule has 0 spiro atoms. The molecular formula is C14H30N2O. The minimum Gasteiger partial charge on any atom is -0.380 e. The van der Waals surface area contributed by atoms with E-state index in [2.05, 4.69) is 31.1 Å². The molecule has 0 aromatic rings. The molecule has 1 fully saturated rings. The Kier molecular flexibility index (Phi) is 7.82. The van der Waals surface area contributed by atoms with Crippen LogP contribution in [-0.4, -0.2) is 51.3 Å². The fourth-order valence-corrected chi connectivity index (χ4v) is 2.14. The molecule has 1 heterocycles. The first kappa shape index (κ1) is 14.9. The second kappa shape index (κ2) is 8.90. The van der Waals surface area contributed by atoms with E-state index in [9.17, 15) is 0 Å². The second-order valence-electron chi connectivity index (χ2n) is 5.75. The Morgan fingerprint density at radius 2 is 1.94 bits per heavy atom. The van der Waals surface area contributed by atoms with Crippen LogP contribution in [-0.2, 0) is 4.74 Å². The van der Waals surface area contributed by atoms with Crippen molar-refractivity contribution in [1.82, 2.24) is 10.2 Å². The van der Waals surface area contributed by atoms with Crippen molar-refractivity contribution in [2.75, 3.05) is 46.4 Å². The largest absolute Gasteiger partial charge is 0.380 e. The molecule has 0 aromatic carbocycles. The van der Waals surface area contributed by atoms with Crippen molar-refractivity contribution in [3.05, 3.63) is 0 Å². The maximum atomic E-state index is 5.58. The molecule has 0 atom stereocenters.